The quantitative estimate of drug-likeness (QED) is 0.258. The number of methoxy groups -OCH3 is 4. The fraction of sp³-hybridized carbons (Fsp3) is 0.381. The van der Waals surface area contributed by atoms with E-state index >= 15 is 0 Å². The van der Waals surface area contributed by atoms with Crippen LogP contribution in [0.25, 0.3) is 0 Å². The number of carbonyl (C=O) groups excluding carboxylic acids is 1. The van der Waals surface area contributed by atoms with Crippen molar-refractivity contribution in [2.75, 3.05) is 28.4 Å². The Bertz CT molecular complexity index is 973. The Morgan fingerprint density at radius 2 is 1.55 bits per heavy atom. The Morgan fingerprint density at radius 3 is 2.03 bits per heavy atom. The van der Waals surface area contributed by atoms with Gasteiger partial charge < -0.3 is 28.4 Å². The lowest BCUT2D eigenvalue weighted by Gasteiger charge is -2.14. The third-order valence-corrected chi connectivity index (χ3v) is 4.51. The van der Waals surface area contributed by atoms with E-state index in [-0.39, 0.29) is 24.2 Å². The molecule has 2 aromatic rings. The van der Waals surface area contributed by atoms with Crippen LogP contribution in [0.5, 0.6) is 28.7 Å². The minimum absolute atomic E-state index is 0.0420. The first-order valence-electron chi connectivity index (χ1n) is 9.48. The summed E-state index contributed by atoms with van der Waals surface area (Å²) in [6.45, 7) is -3.66. The molecule has 33 heavy (non-hydrogen) atoms. The molecule has 12 heteroatoms. The maximum Gasteiger partial charge on any atom is 0.387 e. The molecule has 10 nitrogen and oxygen atoms in total. The molecule has 0 atom stereocenters. The standard InChI is InChI=1S/C21H23F2NO9/c1-28-15-9-13(14(24(26)27)10-16(15)33-21(22)23)11-32-19(25)6-5-12-7-17(29-2)20(31-4)18(8-12)30-3/h7-10,21H,5-6,11H2,1-4H3. The molecule has 0 unspecified atom stereocenters. The normalized spacial score (nSPS) is 10.5. The molecule has 0 aliphatic carbocycles. The highest BCUT2D eigenvalue weighted by atomic mass is 19.3. The maximum absolute atomic E-state index is 12.5. The number of hydrogen-bond acceptors (Lipinski definition) is 9. The summed E-state index contributed by atoms with van der Waals surface area (Å²) >= 11 is 0. The minimum atomic E-state index is -3.20. The zero-order chi connectivity index (χ0) is 24.5. The second-order valence-electron chi connectivity index (χ2n) is 6.46. The largest absolute Gasteiger partial charge is 0.493 e. The Balaban J connectivity index is 2.11. The van der Waals surface area contributed by atoms with Crippen molar-refractivity contribution in [3.8, 4) is 28.7 Å². The Kier molecular flexibility index (Phi) is 9.01. The summed E-state index contributed by atoms with van der Waals surface area (Å²) < 4.78 is 55.2. The molecule has 0 aromatic heterocycles. The van der Waals surface area contributed by atoms with Crippen molar-refractivity contribution < 1.29 is 46.9 Å². The molecule has 0 N–H and O–H groups in total. The van der Waals surface area contributed by atoms with Crippen LogP contribution < -0.4 is 23.7 Å². The molecule has 0 radical (unpaired) electrons. The summed E-state index contributed by atoms with van der Waals surface area (Å²) in [5, 5.41) is 11.3. The number of benzene rings is 2. The number of alkyl halides is 2. The van der Waals surface area contributed by atoms with Gasteiger partial charge in [0.25, 0.3) is 5.69 Å². The highest BCUT2D eigenvalue weighted by Gasteiger charge is 2.23. The summed E-state index contributed by atoms with van der Waals surface area (Å²) in [6, 6.07) is 5.28. The number of rotatable bonds is 12. The van der Waals surface area contributed by atoms with Gasteiger partial charge in [0.05, 0.1) is 45.0 Å². The van der Waals surface area contributed by atoms with Gasteiger partial charge in [0.1, 0.15) is 6.61 Å². The Morgan fingerprint density at radius 1 is 0.939 bits per heavy atom. The molecule has 0 amide bonds. The number of nitro benzene ring substituents is 1. The van der Waals surface area contributed by atoms with Gasteiger partial charge in [-0.15, -0.1) is 0 Å². The van der Waals surface area contributed by atoms with Crippen molar-refractivity contribution in [2.24, 2.45) is 0 Å². The average Bonchev–Trinajstić information content (AvgIpc) is 2.80. The number of halogens is 2. The molecule has 0 saturated heterocycles. The van der Waals surface area contributed by atoms with Gasteiger partial charge in [0, 0.05) is 6.42 Å². The van der Waals surface area contributed by atoms with Crippen molar-refractivity contribution in [3.05, 3.63) is 45.5 Å². The van der Waals surface area contributed by atoms with Gasteiger partial charge in [-0.25, -0.2) is 0 Å². The highest BCUT2D eigenvalue weighted by Crippen LogP contribution is 2.39. The van der Waals surface area contributed by atoms with Crippen molar-refractivity contribution in [1.29, 1.82) is 0 Å². The number of nitrogens with zero attached hydrogens (tertiary/aromatic N) is 1. The first-order chi connectivity index (χ1) is 15.7. The van der Waals surface area contributed by atoms with Gasteiger partial charge in [-0.3, -0.25) is 14.9 Å². The smallest absolute Gasteiger partial charge is 0.387 e. The monoisotopic (exact) mass is 471 g/mol. The second kappa shape index (κ2) is 11.7. The molecule has 0 aliphatic heterocycles. The van der Waals surface area contributed by atoms with E-state index in [9.17, 15) is 23.7 Å². The molecule has 0 spiro atoms. The predicted molar refractivity (Wildman–Crippen MR) is 110 cm³/mol. The van der Waals surface area contributed by atoms with Gasteiger partial charge in [-0.1, -0.05) is 0 Å². The van der Waals surface area contributed by atoms with Gasteiger partial charge in [-0.05, 0) is 30.2 Å². The summed E-state index contributed by atoms with van der Waals surface area (Å²) in [7, 11) is 5.59. The van der Waals surface area contributed by atoms with Crippen LogP contribution in [0.3, 0.4) is 0 Å². The van der Waals surface area contributed by atoms with Crippen LogP contribution in [0.15, 0.2) is 24.3 Å². The fourth-order valence-corrected chi connectivity index (χ4v) is 2.98. The third-order valence-electron chi connectivity index (χ3n) is 4.51. The predicted octanol–water partition coefficient (Wildman–Crippen LogP) is 3.91. The first kappa shape index (κ1) is 25.4. The molecular formula is C21H23F2NO9. The average molecular weight is 471 g/mol. The van der Waals surface area contributed by atoms with E-state index in [1.807, 2.05) is 0 Å². The van der Waals surface area contributed by atoms with Crippen LogP contribution in [0.1, 0.15) is 17.5 Å². The lowest BCUT2D eigenvalue weighted by Crippen LogP contribution is -2.09. The van der Waals surface area contributed by atoms with Crippen LogP contribution in [0, 0.1) is 10.1 Å². The van der Waals surface area contributed by atoms with Crippen LogP contribution in [-0.2, 0) is 22.6 Å². The zero-order valence-electron chi connectivity index (χ0n) is 18.4. The molecule has 2 aromatic carbocycles. The van der Waals surface area contributed by atoms with E-state index in [1.54, 1.807) is 12.1 Å². The molecule has 180 valence electrons. The first-order valence-corrected chi connectivity index (χ1v) is 9.48. The van der Waals surface area contributed by atoms with Gasteiger partial charge in [0.15, 0.2) is 23.0 Å². The SMILES string of the molecule is COc1cc(COC(=O)CCc2cc(OC)c(OC)c(OC)c2)c([N+](=O)[O-])cc1OC(F)F. The molecular weight excluding hydrogens is 448 g/mol. The Hall–Kier alpha value is -3.83. The summed E-state index contributed by atoms with van der Waals surface area (Å²) in [6.07, 6.45) is 0.221. The fourth-order valence-electron chi connectivity index (χ4n) is 2.98. The highest BCUT2D eigenvalue weighted by molar-refractivity contribution is 5.70. The minimum Gasteiger partial charge on any atom is -0.493 e. The molecule has 0 saturated carbocycles. The topological polar surface area (TPSA) is 116 Å². The zero-order valence-corrected chi connectivity index (χ0v) is 18.4. The van der Waals surface area contributed by atoms with Crippen molar-refractivity contribution >= 4 is 11.7 Å². The number of nitro groups is 1. The maximum atomic E-state index is 12.5. The van der Waals surface area contributed by atoms with Crippen molar-refractivity contribution in [1.82, 2.24) is 0 Å². The molecule has 0 fully saturated rings. The van der Waals surface area contributed by atoms with E-state index in [0.29, 0.717) is 22.8 Å². The van der Waals surface area contributed by atoms with Crippen LogP contribution >= 0.6 is 0 Å². The second-order valence-corrected chi connectivity index (χ2v) is 6.46. The number of ether oxygens (including phenoxy) is 6. The number of hydrogen-bond donors (Lipinski definition) is 0. The van der Waals surface area contributed by atoms with Crippen LogP contribution in [-0.4, -0.2) is 45.9 Å². The number of esters is 1. The lowest BCUT2D eigenvalue weighted by atomic mass is 10.1. The molecule has 0 aliphatic rings. The van der Waals surface area contributed by atoms with Crippen molar-refractivity contribution in [2.45, 2.75) is 26.1 Å². The summed E-state index contributed by atoms with van der Waals surface area (Å²) in [5.41, 5.74) is 0.117. The molecule has 2 rings (SSSR count). The van der Waals surface area contributed by atoms with E-state index in [2.05, 4.69) is 4.74 Å². The molecule has 0 bridgehead atoms. The number of aryl methyl sites for hydroxylation is 1. The molecule has 0 heterocycles. The third kappa shape index (κ3) is 6.57. The Labute approximate surface area is 188 Å². The summed E-state index contributed by atoms with van der Waals surface area (Å²) in [5.74, 6) is -0.0408. The van der Waals surface area contributed by atoms with Gasteiger partial charge in [-0.2, -0.15) is 8.78 Å². The van der Waals surface area contributed by atoms with Crippen LogP contribution in [0.4, 0.5) is 14.5 Å². The van der Waals surface area contributed by atoms with Gasteiger partial charge >= 0.3 is 12.6 Å². The van der Waals surface area contributed by atoms with E-state index in [4.69, 9.17) is 23.7 Å². The van der Waals surface area contributed by atoms with Gasteiger partial charge in [0.2, 0.25) is 5.75 Å². The van der Waals surface area contributed by atoms with E-state index in [0.717, 1.165) is 12.1 Å². The van der Waals surface area contributed by atoms with Crippen molar-refractivity contribution in [3.63, 3.8) is 0 Å². The van der Waals surface area contributed by atoms with Crippen LogP contribution in [0.2, 0.25) is 0 Å². The van der Waals surface area contributed by atoms with E-state index in [1.165, 1.54) is 28.4 Å². The number of carbonyl (C=O) groups is 1. The van der Waals surface area contributed by atoms with E-state index < -0.39 is 35.5 Å². The summed E-state index contributed by atoms with van der Waals surface area (Å²) in [4.78, 5) is 22.8. The lowest BCUT2D eigenvalue weighted by molar-refractivity contribution is -0.386.